The average Bonchev–Trinajstić information content (AvgIpc) is 3.98. The Morgan fingerprint density at radius 2 is 1.48 bits per heavy atom. The zero-order chi connectivity index (χ0) is 59.1. The summed E-state index contributed by atoms with van der Waals surface area (Å²) in [5.74, 6) is -4.82. The number of benzene rings is 2. The van der Waals surface area contributed by atoms with Gasteiger partial charge in [-0.3, -0.25) is 33.7 Å². The van der Waals surface area contributed by atoms with Crippen LogP contribution < -0.4 is 15.5 Å². The maximum absolute atomic E-state index is 14.7. The summed E-state index contributed by atoms with van der Waals surface area (Å²) >= 11 is 11.5. The fourth-order valence-corrected chi connectivity index (χ4v) is 12.7. The van der Waals surface area contributed by atoms with Gasteiger partial charge in [-0.25, -0.2) is 9.10 Å². The van der Waals surface area contributed by atoms with E-state index < -0.39 is 85.5 Å². The number of nitrogens with one attached hydrogen (secondary N) is 2. The molecule has 6 amide bonds. The third-order valence-electron chi connectivity index (χ3n) is 15.6. The summed E-state index contributed by atoms with van der Waals surface area (Å²) in [5, 5.41) is 15.3. The van der Waals surface area contributed by atoms with Crippen LogP contribution in [0.2, 0.25) is 0 Å². The van der Waals surface area contributed by atoms with Crippen molar-refractivity contribution in [3.8, 4) is 0 Å². The molecule has 2 aromatic carbocycles. The number of halogens is 2. The van der Waals surface area contributed by atoms with Crippen LogP contribution in [0.5, 0.6) is 0 Å². The molecule has 22 heteroatoms. The van der Waals surface area contributed by atoms with E-state index in [1.165, 1.54) is 14.2 Å². The molecule has 1 fully saturated rings. The van der Waals surface area contributed by atoms with E-state index in [1.807, 2.05) is 83.8 Å². The molecule has 4 rings (SSSR count). The molecular weight excluding hydrogens is 1080 g/mol. The number of hydrogen-bond acceptors (Lipinski definition) is 12. The lowest BCUT2D eigenvalue weighted by Gasteiger charge is -2.41. The van der Waals surface area contributed by atoms with Crippen LogP contribution in [0.25, 0.3) is 0 Å². The van der Waals surface area contributed by atoms with E-state index in [0.29, 0.717) is 68.0 Å². The van der Waals surface area contributed by atoms with E-state index in [9.17, 15) is 47.1 Å². The first-order valence-corrected chi connectivity index (χ1v) is 29.6. The molecule has 2 aliphatic rings. The highest BCUT2D eigenvalue weighted by Gasteiger charge is 2.45. The van der Waals surface area contributed by atoms with Gasteiger partial charge in [0.25, 0.3) is 15.9 Å². The van der Waals surface area contributed by atoms with Crippen molar-refractivity contribution in [2.45, 2.75) is 155 Å². The van der Waals surface area contributed by atoms with E-state index in [2.05, 4.69) is 10.6 Å². The van der Waals surface area contributed by atoms with Crippen molar-refractivity contribution >= 4 is 80.3 Å². The molecule has 0 spiro atoms. The highest BCUT2D eigenvalue weighted by molar-refractivity contribution is 7.95. The highest BCUT2D eigenvalue weighted by atomic mass is 35.5. The van der Waals surface area contributed by atoms with Crippen LogP contribution >= 0.6 is 23.2 Å². The minimum Gasteiger partial charge on any atom is -0.480 e. The number of aliphatic carboxylic acids is 1. The van der Waals surface area contributed by atoms with Gasteiger partial charge in [-0.1, -0.05) is 127 Å². The standard InChI is InChI=1S/C57H85Cl2N7O12S/c1-13-37(6)50(44(77-11)34-46(68)65-30-20-23-43(65)51(78-12)38(7)53(69)60-42(57(73)74)33-40-21-16-14-17-22-40)64(10)56(72)48(35(2)3)61-54(70)49(36(4)5)62(8)32-29-39-25-27-41(28-26-39)63(9)45(67)24-18-15-19-31-66-55(71)47(58)52(59)79(66,75)76/h14,16-17,21-22,25-28,35-38,42-44,48-51H,13,15,18-20,23-24,29-34H2,1-12H3,(H,60,69)(H,61,70)(H,73,74)/t37-,38+,42-,43-,44+,48-,49?,50-,51+/m0/s1. The Morgan fingerprint density at radius 3 is 2.03 bits per heavy atom. The van der Waals surface area contributed by atoms with Gasteiger partial charge >= 0.3 is 5.97 Å². The maximum Gasteiger partial charge on any atom is 0.326 e. The van der Waals surface area contributed by atoms with Crippen molar-refractivity contribution in [1.82, 2.24) is 29.6 Å². The molecule has 0 radical (unpaired) electrons. The molecule has 2 aromatic rings. The number of sulfonamides is 1. The molecule has 79 heavy (non-hydrogen) atoms. The fourth-order valence-electron chi connectivity index (χ4n) is 10.7. The van der Waals surface area contributed by atoms with Crippen LogP contribution in [-0.4, -0.2) is 171 Å². The van der Waals surface area contributed by atoms with Gasteiger partial charge in [-0.15, -0.1) is 0 Å². The third kappa shape index (κ3) is 17.2. The van der Waals surface area contributed by atoms with Gasteiger partial charge in [0, 0.05) is 66.5 Å². The molecule has 1 unspecified atom stereocenters. The van der Waals surface area contributed by atoms with Gasteiger partial charge in [0.2, 0.25) is 29.5 Å². The van der Waals surface area contributed by atoms with Crippen molar-refractivity contribution in [2.75, 3.05) is 59.9 Å². The molecular formula is C57H85Cl2N7O12S. The SMILES string of the molecule is CC[C@H](C)[C@@H]([C@@H](CC(=O)N1CCC[C@H]1[C@H](OC)[C@@H](C)C(=O)N[C@@H](Cc1ccccc1)C(=O)O)OC)N(C)C(=O)[C@@H](NC(=O)C(C(C)C)N(C)CCc1ccc(N(C)C(=O)CCCCCN2C(=O)C(Cl)=C(Cl)S2(=O)=O)cc1)C(C)C. The van der Waals surface area contributed by atoms with Crippen LogP contribution in [0.3, 0.4) is 0 Å². The predicted octanol–water partition coefficient (Wildman–Crippen LogP) is 6.40. The number of likely N-dealkylation sites (N-methyl/N-ethyl adjacent to an activating group) is 2. The van der Waals surface area contributed by atoms with E-state index in [0.717, 1.165) is 11.1 Å². The second kappa shape index (κ2) is 30.6. The third-order valence-corrected chi connectivity index (χ3v) is 18.5. The van der Waals surface area contributed by atoms with Crippen molar-refractivity contribution in [2.24, 2.45) is 23.7 Å². The lowest BCUT2D eigenvalue weighted by molar-refractivity contribution is -0.148. The molecule has 0 aliphatic carbocycles. The Balaban J connectivity index is 1.36. The molecule has 19 nitrogen and oxygen atoms in total. The predicted molar refractivity (Wildman–Crippen MR) is 305 cm³/mol. The quantitative estimate of drug-likeness (QED) is 0.0695. The fraction of sp³-hybridized carbons (Fsp3) is 0.632. The Labute approximate surface area is 478 Å². The number of hydrogen-bond donors (Lipinski definition) is 3. The number of carboxylic acids is 1. The van der Waals surface area contributed by atoms with Crippen molar-refractivity contribution < 1.29 is 56.6 Å². The largest absolute Gasteiger partial charge is 0.480 e. The van der Waals surface area contributed by atoms with Crippen molar-refractivity contribution in [3.63, 3.8) is 0 Å². The monoisotopic (exact) mass is 1160 g/mol. The van der Waals surface area contributed by atoms with Crippen LogP contribution in [0.15, 0.2) is 64.0 Å². The number of anilines is 1. The minimum absolute atomic E-state index is 0.0687. The van der Waals surface area contributed by atoms with E-state index in [-0.39, 0.29) is 67.2 Å². The number of unbranched alkanes of at least 4 members (excludes halogenated alkanes) is 2. The summed E-state index contributed by atoms with van der Waals surface area (Å²) < 4.78 is 36.6. The zero-order valence-corrected chi connectivity index (χ0v) is 50.4. The minimum atomic E-state index is -4.12. The first-order valence-electron chi connectivity index (χ1n) is 27.4. The topological polar surface area (TPSA) is 233 Å². The summed E-state index contributed by atoms with van der Waals surface area (Å²) in [6.07, 6.45) is 2.59. The highest BCUT2D eigenvalue weighted by Crippen LogP contribution is 2.34. The number of carboxylic acid groups (broad SMARTS) is 1. The number of amides is 6. The number of methoxy groups -OCH3 is 2. The normalized spacial score (nSPS) is 18.5. The van der Waals surface area contributed by atoms with Gasteiger partial charge in [-0.05, 0) is 80.2 Å². The van der Waals surface area contributed by atoms with E-state index in [1.54, 1.807) is 60.0 Å². The first-order chi connectivity index (χ1) is 37.2. The molecule has 0 aromatic heterocycles. The van der Waals surface area contributed by atoms with Gasteiger partial charge in [-0.2, -0.15) is 8.42 Å². The second-order valence-electron chi connectivity index (χ2n) is 21.7. The summed E-state index contributed by atoms with van der Waals surface area (Å²) in [6.45, 7) is 14.2. The zero-order valence-electron chi connectivity index (χ0n) is 48.1. The van der Waals surface area contributed by atoms with E-state index >= 15 is 0 Å². The van der Waals surface area contributed by atoms with Gasteiger partial charge in [0.05, 0.1) is 42.7 Å². The smallest absolute Gasteiger partial charge is 0.326 e. The molecule has 0 saturated carbocycles. The lowest BCUT2D eigenvalue weighted by atomic mass is 9.89. The summed E-state index contributed by atoms with van der Waals surface area (Å²) in [7, 11) is 4.13. The molecule has 1 saturated heterocycles. The first kappa shape index (κ1) is 66.4. The molecule has 2 aliphatic heterocycles. The molecule has 2 heterocycles. The number of ether oxygens (including phenoxy) is 2. The molecule has 9 atom stereocenters. The number of carbonyl (C=O) groups excluding carboxylic acids is 6. The molecule has 0 bridgehead atoms. The Hall–Kier alpha value is -5.12. The number of rotatable bonds is 31. The summed E-state index contributed by atoms with van der Waals surface area (Å²) in [5.41, 5.74) is 2.44. The Bertz CT molecular complexity index is 2550. The summed E-state index contributed by atoms with van der Waals surface area (Å²) in [4.78, 5) is 101. The summed E-state index contributed by atoms with van der Waals surface area (Å²) in [6, 6.07) is 12.9. The lowest BCUT2D eigenvalue weighted by Crippen LogP contribution is -2.60. The van der Waals surface area contributed by atoms with Gasteiger partial charge < -0.3 is 39.9 Å². The van der Waals surface area contributed by atoms with Gasteiger partial charge in [0.15, 0.2) is 4.36 Å². The number of likely N-dealkylation sites (tertiary alicyclic amines) is 1. The van der Waals surface area contributed by atoms with Gasteiger partial charge in [0.1, 0.15) is 17.1 Å². The van der Waals surface area contributed by atoms with Crippen molar-refractivity contribution in [3.05, 3.63) is 75.1 Å². The maximum atomic E-state index is 14.7. The number of carbonyl (C=O) groups is 7. The van der Waals surface area contributed by atoms with E-state index in [4.69, 9.17) is 32.7 Å². The van der Waals surface area contributed by atoms with Crippen molar-refractivity contribution in [1.29, 1.82) is 0 Å². The average molecular weight is 1160 g/mol. The molecule has 440 valence electrons. The number of nitrogens with zero attached hydrogens (tertiary/aromatic N) is 5. The van der Waals surface area contributed by atoms with Crippen LogP contribution in [0, 0.1) is 23.7 Å². The molecule has 3 N–H and O–H groups in total. The Kier molecular flexibility index (Phi) is 25.7. The second-order valence-corrected chi connectivity index (χ2v) is 24.5. The Morgan fingerprint density at radius 1 is 0.835 bits per heavy atom. The van der Waals surface area contributed by atoms with Crippen LogP contribution in [0.1, 0.15) is 111 Å². The van der Waals surface area contributed by atoms with Crippen LogP contribution in [-0.2, 0) is 65.9 Å². The van der Waals surface area contributed by atoms with Crippen LogP contribution in [0.4, 0.5) is 5.69 Å².